The molecular weight excluding hydrogens is 194 g/mol. The van der Waals surface area contributed by atoms with Crippen LogP contribution >= 0.6 is 0 Å². The number of benzene rings is 1. The number of allylic oxidation sites excluding steroid dienone is 1. The van der Waals surface area contributed by atoms with Crippen LogP contribution in [0.1, 0.15) is 38.8 Å². The van der Waals surface area contributed by atoms with Crippen LogP contribution in [-0.4, -0.2) is 0 Å². The largest absolute Gasteiger partial charge is 0.204 e. The van der Waals surface area contributed by atoms with Crippen LogP contribution in [-0.2, 0) is 5.41 Å². The average Bonchev–Trinajstić information content (AvgIpc) is 2.48. The third-order valence-corrected chi connectivity index (χ3v) is 2.47. The summed E-state index contributed by atoms with van der Waals surface area (Å²) in [5.41, 5.74) is 1.46. The fourth-order valence-corrected chi connectivity index (χ4v) is 1.65. The van der Waals surface area contributed by atoms with Crippen molar-refractivity contribution in [2.45, 2.75) is 33.1 Å². The molecule has 0 N–H and O–H groups in total. The predicted octanol–water partition coefficient (Wildman–Crippen LogP) is 4.30. The molecule has 2 heteroatoms. The first kappa shape index (κ1) is 11.9. The van der Waals surface area contributed by atoms with E-state index in [9.17, 15) is 8.78 Å². The molecule has 0 fully saturated rings. The van der Waals surface area contributed by atoms with Crippen LogP contribution in [0.25, 0.3) is 6.08 Å². The molecule has 0 bridgehead atoms. The third-order valence-electron chi connectivity index (χ3n) is 2.47. The minimum Gasteiger partial charge on any atom is -0.204 e. The molecule has 0 nitrogen and oxygen atoms in total. The third kappa shape index (κ3) is 2.09. The first-order chi connectivity index (χ1) is 7.00. The molecule has 1 aromatic carbocycles. The second-order valence-corrected chi connectivity index (χ2v) is 3.91. The van der Waals surface area contributed by atoms with E-state index in [4.69, 9.17) is 0 Å². The first-order valence-electron chi connectivity index (χ1n) is 5.19. The zero-order valence-electron chi connectivity index (χ0n) is 9.57. The fourth-order valence-electron chi connectivity index (χ4n) is 1.65. The second kappa shape index (κ2) is 4.13. The molecule has 1 aromatic rings. The molecule has 0 amide bonds. The quantitative estimate of drug-likeness (QED) is 0.599. The molecule has 1 aliphatic carbocycles. The van der Waals surface area contributed by atoms with Gasteiger partial charge in [-0.3, -0.25) is 0 Å². The highest BCUT2D eigenvalue weighted by Crippen LogP contribution is 2.36. The van der Waals surface area contributed by atoms with Crippen LogP contribution in [0, 0.1) is 11.6 Å². The summed E-state index contributed by atoms with van der Waals surface area (Å²) in [5.74, 6) is -1.54. The minimum absolute atomic E-state index is 0.177. The van der Waals surface area contributed by atoms with Gasteiger partial charge in [-0.2, -0.15) is 0 Å². The van der Waals surface area contributed by atoms with Crippen molar-refractivity contribution in [3.8, 4) is 0 Å². The lowest BCUT2D eigenvalue weighted by Crippen LogP contribution is -2.11. The molecule has 0 atom stereocenters. The van der Waals surface area contributed by atoms with Crippen LogP contribution in [0.3, 0.4) is 0 Å². The molecule has 0 saturated heterocycles. The van der Waals surface area contributed by atoms with Crippen LogP contribution in [0.2, 0.25) is 0 Å². The highest BCUT2D eigenvalue weighted by Gasteiger charge is 2.26. The van der Waals surface area contributed by atoms with Gasteiger partial charge in [-0.1, -0.05) is 39.8 Å². The Kier molecular flexibility index (Phi) is 3.28. The van der Waals surface area contributed by atoms with Gasteiger partial charge >= 0.3 is 0 Å². The average molecular weight is 210 g/mol. The van der Waals surface area contributed by atoms with Crippen molar-refractivity contribution in [1.82, 2.24) is 0 Å². The molecule has 0 aromatic heterocycles. The fraction of sp³-hybridized carbons (Fsp3) is 0.385. The zero-order valence-corrected chi connectivity index (χ0v) is 9.57. The van der Waals surface area contributed by atoms with E-state index < -0.39 is 11.6 Å². The van der Waals surface area contributed by atoms with Gasteiger partial charge in [-0.25, -0.2) is 8.78 Å². The molecule has 2 rings (SSSR count). The topological polar surface area (TPSA) is 0 Å². The summed E-state index contributed by atoms with van der Waals surface area (Å²) in [6.07, 6.45) is 3.79. The molecule has 0 unspecified atom stereocenters. The number of rotatable bonds is 0. The molecule has 0 saturated carbocycles. The lowest BCUT2D eigenvalue weighted by Gasteiger charge is -2.17. The summed E-state index contributed by atoms with van der Waals surface area (Å²) >= 11 is 0. The Morgan fingerprint density at radius 1 is 1.00 bits per heavy atom. The smallest absolute Gasteiger partial charge is 0.159 e. The number of hydrogen-bond donors (Lipinski definition) is 0. The van der Waals surface area contributed by atoms with Crippen molar-refractivity contribution < 1.29 is 8.78 Å². The Balaban J connectivity index is 0.000000531. The lowest BCUT2D eigenvalue weighted by molar-refractivity contribution is 0.504. The maximum Gasteiger partial charge on any atom is 0.159 e. The molecule has 0 spiro atoms. The van der Waals surface area contributed by atoms with Gasteiger partial charge in [0.2, 0.25) is 0 Å². The van der Waals surface area contributed by atoms with E-state index in [1.165, 1.54) is 12.1 Å². The van der Waals surface area contributed by atoms with Crippen molar-refractivity contribution in [3.05, 3.63) is 41.0 Å². The summed E-state index contributed by atoms with van der Waals surface area (Å²) in [6, 6.07) is 2.53. The summed E-state index contributed by atoms with van der Waals surface area (Å²) in [7, 11) is 0. The van der Waals surface area contributed by atoms with Crippen molar-refractivity contribution in [2.75, 3.05) is 0 Å². The normalized spacial score (nSPS) is 15.6. The number of halogens is 2. The summed E-state index contributed by atoms with van der Waals surface area (Å²) in [6.45, 7) is 7.96. The van der Waals surface area contributed by atoms with E-state index in [0.29, 0.717) is 0 Å². The maximum absolute atomic E-state index is 12.9. The Morgan fingerprint density at radius 2 is 1.53 bits per heavy atom. The monoisotopic (exact) mass is 210 g/mol. The molecule has 15 heavy (non-hydrogen) atoms. The van der Waals surface area contributed by atoms with Gasteiger partial charge in [-0.15, -0.1) is 0 Å². The standard InChI is InChI=1S/C11H10F2.C2H6/c1-11(2)4-3-7-5-9(12)10(13)6-8(7)11;1-2/h3-6H,1-2H3;1-2H3. The van der Waals surface area contributed by atoms with Gasteiger partial charge in [-0.05, 0) is 23.3 Å². The molecule has 1 aliphatic rings. The Labute approximate surface area is 89.6 Å². The van der Waals surface area contributed by atoms with Gasteiger partial charge in [0.15, 0.2) is 11.6 Å². The van der Waals surface area contributed by atoms with E-state index in [1.54, 1.807) is 0 Å². The molecule has 0 aliphatic heterocycles. The molecule has 0 radical (unpaired) electrons. The first-order valence-corrected chi connectivity index (χ1v) is 5.19. The number of fused-ring (bicyclic) bond motifs is 1. The zero-order chi connectivity index (χ0) is 11.6. The van der Waals surface area contributed by atoms with Crippen molar-refractivity contribution in [2.24, 2.45) is 0 Å². The molecular formula is C13H16F2. The van der Waals surface area contributed by atoms with Crippen molar-refractivity contribution in [1.29, 1.82) is 0 Å². The highest BCUT2D eigenvalue weighted by atomic mass is 19.2. The summed E-state index contributed by atoms with van der Waals surface area (Å²) in [4.78, 5) is 0. The van der Waals surface area contributed by atoms with E-state index in [0.717, 1.165) is 11.1 Å². The van der Waals surface area contributed by atoms with Crippen LogP contribution in [0.5, 0.6) is 0 Å². The molecule has 82 valence electrons. The predicted molar refractivity (Wildman–Crippen MR) is 59.8 cm³/mol. The maximum atomic E-state index is 12.9. The van der Waals surface area contributed by atoms with E-state index in [1.807, 2.05) is 39.8 Å². The van der Waals surface area contributed by atoms with Gasteiger partial charge < -0.3 is 0 Å². The van der Waals surface area contributed by atoms with Gasteiger partial charge in [0, 0.05) is 5.41 Å². The SMILES string of the molecule is CC.CC1(C)C=Cc2cc(F)c(F)cc21. The van der Waals surface area contributed by atoms with E-state index >= 15 is 0 Å². The van der Waals surface area contributed by atoms with Gasteiger partial charge in [0.1, 0.15) is 0 Å². The Morgan fingerprint density at radius 3 is 2.13 bits per heavy atom. The minimum atomic E-state index is -0.777. The Bertz CT molecular complexity index is 390. The second-order valence-electron chi connectivity index (χ2n) is 3.91. The van der Waals surface area contributed by atoms with Crippen LogP contribution < -0.4 is 0 Å². The Hall–Kier alpha value is -1.18. The van der Waals surface area contributed by atoms with Crippen LogP contribution in [0.4, 0.5) is 8.78 Å². The highest BCUT2D eigenvalue weighted by molar-refractivity contribution is 5.64. The van der Waals surface area contributed by atoms with Gasteiger partial charge in [0.25, 0.3) is 0 Å². The van der Waals surface area contributed by atoms with Crippen molar-refractivity contribution >= 4 is 6.08 Å². The summed E-state index contributed by atoms with van der Waals surface area (Å²) in [5, 5.41) is 0. The molecule has 0 heterocycles. The van der Waals surface area contributed by atoms with E-state index in [-0.39, 0.29) is 5.41 Å². The van der Waals surface area contributed by atoms with E-state index in [2.05, 4.69) is 0 Å². The van der Waals surface area contributed by atoms with Crippen LogP contribution in [0.15, 0.2) is 18.2 Å². The summed E-state index contributed by atoms with van der Waals surface area (Å²) < 4.78 is 25.7. The lowest BCUT2D eigenvalue weighted by atomic mass is 9.87. The van der Waals surface area contributed by atoms with Gasteiger partial charge in [0.05, 0.1) is 0 Å². The van der Waals surface area contributed by atoms with Crippen molar-refractivity contribution in [3.63, 3.8) is 0 Å². The number of hydrogen-bond acceptors (Lipinski definition) is 0.